The van der Waals surface area contributed by atoms with Crippen LogP contribution in [0.1, 0.15) is 16.1 Å². The average Bonchev–Trinajstić information content (AvgIpc) is 3.01. The molecule has 7 heteroatoms. The number of thiophene rings is 1. The number of pyridine rings is 1. The molecule has 2 aromatic heterocycles. The van der Waals surface area contributed by atoms with Crippen molar-refractivity contribution >= 4 is 39.1 Å². The topological polar surface area (TPSA) is 71.1 Å². The van der Waals surface area contributed by atoms with Crippen molar-refractivity contribution in [3.63, 3.8) is 0 Å². The molecule has 0 aliphatic heterocycles. The number of nitrogens with one attached hydrogen (secondary N) is 2. The normalized spacial score (nSPS) is 10.5. The van der Waals surface area contributed by atoms with Gasteiger partial charge in [0.1, 0.15) is 11.6 Å². The van der Waals surface area contributed by atoms with Gasteiger partial charge in [0.05, 0.1) is 4.88 Å². The number of aromatic nitrogens is 1. The Labute approximate surface area is 141 Å². The smallest absolute Gasteiger partial charge is 0.261 e. The van der Waals surface area contributed by atoms with Gasteiger partial charge in [0, 0.05) is 29.2 Å². The van der Waals surface area contributed by atoms with Crippen LogP contribution in [0, 0.1) is 5.82 Å². The predicted molar refractivity (Wildman–Crippen MR) is 91.6 cm³/mol. The predicted octanol–water partition coefficient (Wildman–Crippen LogP) is 3.19. The van der Waals surface area contributed by atoms with Crippen molar-refractivity contribution in [2.45, 2.75) is 6.42 Å². The minimum atomic E-state index is -0.350. The standard InChI is InChI=1S/C17H14FN3O2S/c18-12-4-3-5-13-11(12)10-14(24-13)17(23)20-9-7-16(22)21-15-6-1-2-8-19-15/h1-6,8,10H,7,9H2,(H,20,23)(H,19,21,22). The van der Waals surface area contributed by atoms with Crippen molar-refractivity contribution in [2.75, 3.05) is 11.9 Å². The summed E-state index contributed by atoms with van der Waals surface area (Å²) in [6.07, 6.45) is 1.71. The number of fused-ring (bicyclic) bond motifs is 1. The van der Waals surface area contributed by atoms with Crippen LogP contribution in [0.3, 0.4) is 0 Å². The molecule has 24 heavy (non-hydrogen) atoms. The molecule has 5 nitrogen and oxygen atoms in total. The Bertz CT molecular complexity index is 880. The molecule has 0 unspecified atom stereocenters. The third-order valence-electron chi connectivity index (χ3n) is 3.30. The Morgan fingerprint density at radius 2 is 2.04 bits per heavy atom. The molecule has 0 atom stereocenters. The zero-order valence-corrected chi connectivity index (χ0v) is 13.4. The van der Waals surface area contributed by atoms with Crippen molar-refractivity contribution in [3.05, 3.63) is 59.4 Å². The Morgan fingerprint density at radius 3 is 2.79 bits per heavy atom. The maximum absolute atomic E-state index is 13.6. The van der Waals surface area contributed by atoms with Gasteiger partial charge in [0.25, 0.3) is 5.91 Å². The van der Waals surface area contributed by atoms with E-state index in [2.05, 4.69) is 15.6 Å². The fourth-order valence-corrected chi connectivity index (χ4v) is 3.15. The van der Waals surface area contributed by atoms with E-state index < -0.39 is 0 Å². The molecule has 1 aromatic carbocycles. The first-order valence-electron chi connectivity index (χ1n) is 7.30. The molecule has 3 aromatic rings. The number of rotatable bonds is 5. The van der Waals surface area contributed by atoms with Gasteiger partial charge in [0.15, 0.2) is 0 Å². The van der Waals surface area contributed by atoms with Crippen LogP contribution in [0.15, 0.2) is 48.7 Å². The number of carbonyl (C=O) groups excluding carboxylic acids is 2. The molecular formula is C17H14FN3O2S. The van der Waals surface area contributed by atoms with E-state index in [0.29, 0.717) is 20.8 Å². The van der Waals surface area contributed by atoms with Gasteiger partial charge >= 0.3 is 0 Å². The summed E-state index contributed by atoms with van der Waals surface area (Å²) in [6.45, 7) is 0.189. The van der Waals surface area contributed by atoms with Crippen LogP contribution in [0.2, 0.25) is 0 Å². The first kappa shape index (κ1) is 16.1. The average molecular weight is 343 g/mol. The highest BCUT2D eigenvalue weighted by molar-refractivity contribution is 7.20. The largest absolute Gasteiger partial charge is 0.351 e. The molecule has 2 N–H and O–H groups in total. The van der Waals surface area contributed by atoms with Crippen LogP contribution >= 0.6 is 11.3 Å². The number of anilines is 1. The summed E-state index contributed by atoms with van der Waals surface area (Å²) >= 11 is 1.22. The van der Waals surface area contributed by atoms with E-state index in [1.807, 2.05) is 0 Å². The molecule has 0 aliphatic carbocycles. The van der Waals surface area contributed by atoms with Crippen molar-refractivity contribution in [2.24, 2.45) is 0 Å². The van der Waals surface area contributed by atoms with Crippen LogP contribution in [0.25, 0.3) is 10.1 Å². The lowest BCUT2D eigenvalue weighted by atomic mass is 10.2. The lowest BCUT2D eigenvalue weighted by Gasteiger charge is -2.05. The van der Waals surface area contributed by atoms with Gasteiger partial charge in [-0.05, 0) is 30.3 Å². The van der Waals surface area contributed by atoms with Gasteiger partial charge in [-0.15, -0.1) is 11.3 Å². The molecular weight excluding hydrogens is 329 g/mol. The highest BCUT2D eigenvalue weighted by Gasteiger charge is 2.12. The van der Waals surface area contributed by atoms with Gasteiger partial charge in [-0.25, -0.2) is 9.37 Å². The van der Waals surface area contributed by atoms with Crippen LogP contribution in [-0.2, 0) is 4.79 Å². The molecule has 122 valence electrons. The summed E-state index contributed by atoms with van der Waals surface area (Å²) in [6, 6.07) is 11.5. The zero-order valence-electron chi connectivity index (χ0n) is 12.6. The summed E-state index contributed by atoms with van der Waals surface area (Å²) in [5.41, 5.74) is 0. The number of benzene rings is 1. The number of hydrogen-bond donors (Lipinski definition) is 2. The van der Waals surface area contributed by atoms with E-state index in [1.165, 1.54) is 23.5 Å². The monoisotopic (exact) mass is 343 g/mol. The van der Waals surface area contributed by atoms with E-state index in [0.717, 1.165) is 0 Å². The fourth-order valence-electron chi connectivity index (χ4n) is 2.16. The van der Waals surface area contributed by atoms with Crippen LogP contribution in [-0.4, -0.2) is 23.3 Å². The number of nitrogens with zero attached hydrogens (tertiary/aromatic N) is 1. The Hall–Kier alpha value is -2.80. The highest BCUT2D eigenvalue weighted by Crippen LogP contribution is 2.27. The molecule has 0 spiro atoms. The van der Waals surface area contributed by atoms with Crippen LogP contribution < -0.4 is 10.6 Å². The molecule has 0 saturated carbocycles. The van der Waals surface area contributed by atoms with Crippen molar-refractivity contribution in [3.8, 4) is 0 Å². The van der Waals surface area contributed by atoms with Crippen LogP contribution in [0.4, 0.5) is 10.2 Å². The maximum atomic E-state index is 13.6. The van der Waals surface area contributed by atoms with Gasteiger partial charge in [-0.2, -0.15) is 0 Å². The van der Waals surface area contributed by atoms with Crippen molar-refractivity contribution in [1.29, 1.82) is 0 Å². The fraction of sp³-hybridized carbons (Fsp3) is 0.118. The Morgan fingerprint density at radius 1 is 1.17 bits per heavy atom. The number of hydrogen-bond acceptors (Lipinski definition) is 4. The van der Waals surface area contributed by atoms with Gasteiger partial charge in [-0.1, -0.05) is 12.1 Å². The third-order valence-corrected chi connectivity index (χ3v) is 4.40. The first-order chi connectivity index (χ1) is 11.6. The summed E-state index contributed by atoms with van der Waals surface area (Å²) in [7, 11) is 0. The first-order valence-corrected chi connectivity index (χ1v) is 8.12. The Kier molecular flexibility index (Phi) is 4.81. The van der Waals surface area contributed by atoms with E-state index in [4.69, 9.17) is 0 Å². The van der Waals surface area contributed by atoms with Gasteiger partial charge in [-0.3, -0.25) is 9.59 Å². The molecule has 3 rings (SSSR count). The second-order valence-corrected chi connectivity index (χ2v) is 6.12. The molecule has 0 fully saturated rings. The van der Waals surface area contributed by atoms with E-state index in [-0.39, 0.29) is 30.6 Å². The molecule has 0 radical (unpaired) electrons. The minimum Gasteiger partial charge on any atom is -0.351 e. The van der Waals surface area contributed by atoms with E-state index in [9.17, 15) is 14.0 Å². The van der Waals surface area contributed by atoms with Gasteiger partial charge < -0.3 is 10.6 Å². The summed E-state index contributed by atoms with van der Waals surface area (Å²) < 4.78 is 14.4. The Balaban J connectivity index is 1.53. The van der Waals surface area contributed by atoms with Gasteiger partial charge in [0.2, 0.25) is 5.91 Å². The number of halogens is 1. The third kappa shape index (κ3) is 3.75. The SMILES string of the molecule is O=C(CCNC(=O)c1cc2c(F)cccc2s1)Nc1ccccn1. The second-order valence-electron chi connectivity index (χ2n) is 5.03. The highest BCUT2D eigenvalue weighted by atomic mass is 32.1. The zero-order chi connectivity index (χ0) is 16.9. The minimum absolute atomic E-state index is 0.127. The lowest BCUT2D eigenvalue weighted by molar-refractivity contribution is -0.116. The van der Waals surface area contributed by atoms with E-state index >= 15 is 0 Å². The summed E-state index contributed by atoms with van der Waals surface area (Å²) in [5.74, 6) is -0.441. The number of amides is 2. The molecule has 0 saturated heterocycles. The molecule has 2 amide bonds. The lowest BCUT2D eigenvalue weighted by Crippen LogP contribution is -2.27. The molecule has 0 aliphatic rings. The quantitative estimate of drug-likeness (QED) is 0.747. The molecule has 0 bridgehead atoms. The van der Waals surface area contributed by atoms with E-state index in [1.54, 1.807) is 36.5 Å². The maximum Gasteiger partial charge on any atom is 0.261 e. The summed E-state index contributed by atoms with van der Waals surface area (Å²) in [5, 5.41) is 5.73. The second kappa shape index (κ2) is 7.18. The number of carbonyl (C=O) groups is 2. The van der Waals surface area contributed by atoms with Crippen molar-refractivity contribution in [1.82, 2.24) is 10.3 Å². The van der Waals surface area contributed by atoms with Crippen LogP contribution in [0.5, 0.6) is 0 Å². The summed E-state index contributed by atoms with van der Waals surface area (Å²) in [4.78, 5) is 28.3. The van der Waals surface area contributed by atoms with Crippen molar-refractivity contribution < 1.29 is 14.0 Å². The molecule has 2 heterocycles.